The fourth-order valence-electron chi connectivity index (χ4n) is 3.84. The van der Waals surface area contributed by atoms with E-state index in [-0.39, 0.29) is 22.6 Å². The van der Waals surface area contributed by atoms with Crippen LogP contribution < -0.4 is 10.1 Å². The highest BCUT2D eigenvalue weighted by Gasteiger charge is 2.40. The third kappa shape index (κ3) is 3.57. The Hall–Kier alpha value is -3.24. The number of anilines is 1. The first-order valence-corrected chi connectivity index (χ1v) is 11.1. The monoisotopic (exact) mass is 443 g/mol. The summed E-state index contributed by atoms with van der Waals surface area (Å²) >= 11 is 0. The molecule has 1 N–H and O–H groups in total. The minimum Gasteiger partial charge on any atom is -0.497 e. The molecule has 1 fully saturated rings. The van der Waals surface area contributed by atoms with Crippen LogP contribution >= 0.6 is 0 Å². The number of carbonyl (C=O) groups is 3. The lowest BCUT2D eigenvalue weighted by atomic mass is 10.1. The second kappa shape index (κ2) is 7.78. The number of methoxy groups -OCH3 is 1. The van der Waals surface area contributed by atoms with Crippen LogP contribution in [0.15, 0.2) is 47.4 Å². The molecule has 0 aromatic heterocycles. The van der Waals surface area contributed by atoms with Gasteiger partial charge in [0.15, 0.2) is 0 Å². The Bertz CT molecular complexity index is 1180. The lowest BCUT2D eigenvalue weighted by molar-refractivity contribution is -0.119. The third-order valence-electron chi connectivity index (χ3n) is 5.53. The van der Waals surface area contributed by atoms with Crippen molar-refractivity contribution < 1.29 is 27.5 Å². The molecule has 2 aromatic carbocycles. The lowest BCUT2D eigenvalue weighted by Gasteiger charge is -2.23. The van der Waals surface area contributed by atoms with Crippen LogP contribution in [0.3, 0.4) is 0 Å². The zero-order chi connectivity index (χ0) is 22.3. The van der Waals surface area contributed by atoms with E-state index in [1.54, 1.807) is 12.1 Å². The predicted molar refractivity (Wildman–Crippen MR) is 111 cm³/mol. The number of nitrogens with one attached hydrogen (secondary N) is 1. The largest absolute Gasteiger partial charge is 0.497 e. The summed E-state index contributed by atoms with van der Waals surface area (Å²) in [6.07, 6.45) is 0.932. The first-order chi connectivity index (χ1) is 14.7. The fraction of sp³-hybridized carbons (Fsp3) is 0.286. The van der Waals surface area contributed by atoms with E-state index in [4.69, 9.17) is 4.74 Å². The maximum Gasteiger partial charge on any atom is 0.261 e. The van der Waals surface area contributed by atoms with Crippen molar-refractivity contribution in [2.45, 2.75) is 23.8 Å². The molecule has 3 amide bonds. The summed E-state index contributed by atoms with van der Waals surface area (Å²) in [5.41, 5.74) is 0.809. The van der Waals surface area contributed by atoms with Crippen molar-refractivity contribution in [3.8, 4) is 5.75 Å². The van der Waals surface area contributed by atoms with Gasteiger partial charge in [-0.15, -0.1) is 0 Å². The predicted octanol–water partition coefficient (Wildman–Crippen LogP) is 1.71. The Kier molecular flexibility index (Phi) is 5.28. The van der Waals surface area contributed by atoms with Crippen LogP contribution in [-0.2, 0) is 14.8 Å². The molecular weight excluding hydrogens is 422 g/mol. The minimum absolute atomic E-state index is 0.0812. The van der Waals surface area contributed by atoms with Crippen molar-refractivity contribution in [3.63, 3.8) is 0 Å². The molecule has 2 aromatic rings. The first-order valence-electron chi connectivity index (χ1n) is 9.67. The number of carbonyl (C=O) groups excluding carboxylic acids is 3. The van der Waals surface area contributed by atoms with Crippen LogP contribution in [0, 0.1) is 0 Å². The molecule has 1 unspecified atom stereocenters. The van der Waals surface area contributed by atoms with Crippen molar-refractivity contribution in [1.82, 2.24) is 9.21 Å². The molecule has 0 aliphatic carbocycles. The van der Waals surface area contributed by atoms with E-state index in [0.29, 0.717) is 24.3 Å². The highest BCUT2D eigenvalue weighted by molar-refractivity contribution is 7.89. The summed E-state index contributed by atoms with van der Waals surface area (Å²) in [5.74, 6) is -0.796. The molecule has 0 saturated carbocycles. The van der Waals surface area contributed by atoms with E-state index in [9.17, 15) is 22.8 Å². The van der Waals surface area contributed by atoms with Gasteiger partial charge in [-0.2, -0.15) is 4.31 Å². The number of amides is 3. The SMILES string of the molecule is COc1ccc(S(=O)(=O)N2CCCC2C(=O)Nc2ccc3c(c2)C(=O)N(C)C3=O)cc1. The van der Waals surface area contributed by atoms with Gasteiger partial charge in [-0.05, 0) is 55.3 Å². The summed E-state index contributed by atoms with van der Waals surface area (Å²) in [7, 11) is -0.988. The van der Waals surface area contributed by atoms with E-state index in [2.05, 4.69) is 5.32 Å². The van der Waals surface area contributed by atoms with Crippen LogP contribution in [0.1, 0.15) is 33.6 Å². The maximum atomic E-state index is 13.1. The van der Waals surface area contributed by atoms with Gasteiger partial charge in [0.1, 0.15) is 11.8 Å². The van der Waals surface area contributed by atoms with Crippen molar-refractivity contribution in [1.29, 1.82) is 0 Å². The second-order valence-electron chi connectivity index (χ2n) is 7.37. The molecule has 10 heteroatoms. The van der Waals surface area contributed by atoms with Gasteiger partial charge in [0.2, 0.25) is 15.9 Å². The number of benzene rings is 2. The van der Waals surface area contributed by atoms with E-state index >= 15 is 0 Å². The second-order valence-corrected chi connectivity index (χ2v) is 9.26. The Labute approximate surface area is 179 Å². The van der Waals surface area contributed by atoms with Crippen LogP contribution in [0.25, 0.3) is 0 Å². The van der Waals surface area contributed by atoms with Crippen LogP contribution in [0.5, 0.6) is 5.75 Å². The van der Waals surface area contributed by atoms with E-state index in [1.807, 2.05) is 0 Å². The van der Waals surface area contributed by atoms with Crippen molar-refractivity contribution in [2.24, 2.45) is 0 Å². The summed E-state index contributed by atoms with van der Waals surface area (Å²) in [6.45, 7) is 0.231. The molecule has 31 heavy (non-hydrogen) atoms. The molecule has 2 aliphatic rings. The Balaban J connectivity index is 1.55. The standard InChI is InChI=1S/C21H21N3O6S/c1-23-20(26)16-10-5-13(12-17(16)21(23)27)22-19(25)18-4-3-11-24(18)31(28,29)15-8-6-14(30-2)7-9-15/h5-10,12,18H,3-4,11H2,1-2H3,(H,22,25). The van der Waals surface area contributed by atoms with E-state index < -0.39 is 33.8 Å². The summed E-state index contributed by atoms with van der Waals surface area (Å²) in [6, 6.07) is 9.57. The molecule has 0 radical (unpaired) electrons. The van der Waals surface area contributed by atoms with Crippen LogP contribution in [0.4, 0.5) is 5.69 Å². The average Bonchev–Trinajstić information content (AvgIpc) is 3.35. The van der Waals surface area contributed by atoms with Crippen molar-refractivity contribution in [3.05, 3.63) is 53.6 Å². The van der Waals surface area contributed by atoms with Gasteiger partial charge >= 0.3 is 0 Å². The summed E-state index contributed by atoms with van der Waals surface area (Å²) < 4.78 is 32.4. The molecule has 9 nitrogen and oxygen atoms in total. The van der Waals surface area contributed by atoms with Gasteiger partial charge in [0.25, 0.3) is 11.8 Å². The van der Waals surface area contributed by atoms with Gasteiger partial charge in [-0.3, -0.25) is 19.3 Å². The number of imide groups is 1. The van der Waals surface area contributed by atoms with Gasteiger partial charge in [0, 0.05) is 19.3 Å². The zero-order valence-electron chi connectivity index (χ0n) is 17.0. The number of sulfonamides is 1. The van der Waals surface area contributed by atoms with Crippen LogP contribution in [-0.4, -0.2) is 62.1 Å². The number of fused-ring (bicyclic) bond motifs is 1. The highest BCUT2D eigenvalue weighted by atomic mass is 32.2. The number of rotatable bonds is 5. The molecule has 0 bridgehead atoms. The molecule has 1 atom stereocenters. The first kappa shape index (κ1) is 21.0. The molecule has 2 heterocycles. The summed E-state index contributed by atoms with van der Waals surface area (Å²) in [5, 5.41) is 2.69. The molecule has 2 aliphatic heterocycles. The number of ether oxygens (including phenoxy) is 1. The summed E-state index contributed by atoms with van der Waals surface area (Å²) in [4.78, 5) is 38.2. The van der Waals surface area contributed by atoms with Gasteiger partial charge in [0.05, 0.1) is 23.1 Å². The quantitative estimate of drug-likeness (QED) is 0.704. The van der Waals surface area contributed by atoms with Gasteiger partial charge in [-0.25, -0.2) is 8.42 Å². The molecule has 1 saturated heterocycles. The molecule has 4 rings (SSSR count). The molecule has 162 valence electrons. The van der Waals surface area contributed by atoms with Gasteiger partial charge < -0.3 is 10.1 Å². The van der Waals surface area contributed by atoms with Crippen LogP contribution in [0.2, 0.25) is 0 Å². The Morgan fingerprint density at radius 2 is 1.74 bits per heavy atom. The molecular formula is C21H21N3O6S. The molecule has 0 spiro atoms. The smallest absolute Gasteiger partial charge is 0.261 e. The minimum atomic E-state index is -3.87. The zero-order valence-corrected chi connectivity index (χ0v) is 17.8. The number of nitrogens with zero attached hydrogens (tertiary/aromatic N) is 2. The van der Waals surface area contributed by atoms with Crippen molar-refractivity contribution >= 4 is 33.4 Å². The lowest BCUT2D eigenvalue weighted by Crippen LogP contribution is -2.43. The normalized spacial score (nSPS) is 18.9. The average molecular weight is 443 g/mol. The van der Waals surface area contributed by atoms with Crippen molar-refractivity contribution in [2.75, 3.05) is 26.0 Å². The fourth-order valence-corrected chi connectivity index (χ4v) is 5.49. The third-order valence-corrected chi connectivity index (χ3v) is 7.45. The van der Waals surface area contributed by atoms with E-state index in [0.717, 1.165) is 4.90 Å². The Morgan fingerprint density at radius 3 is 2.42 bits per heavy atom. The van der Waals surface area contributed by atoms with E-state index in [1.165, 1.54) is 48.8 Å². The number of hydrogen-bond acceptors (Lipinski definition) is 6. The highest BCUT2D eigenvalue weighted by Crippen LogP contribution is 2.29. The topological polar surface area (TPSA) is 113 Å². The maximum absolute atomic E-state index is 13.1. The van der Waals surface area contributed by atoms with Gasteiger partial charge in [-0.1, -0.05) is 0 Å². The number of hydrogen-bond donors (Lipinski definition) is 1. The Morgan fingerprint density at radius 1 is 1.06 bits per heavy atom.